The molecule has 20 heavy (non-hydrogen) atoms. The molecule has 2 N–H and O–H groups in total. The van der Waals surface area contributed by atoms with E-state index in [0.29, 0.717) is 11.3 Å². The predicted octanol–water partition coefficient (Wildman–Crippen LogP) is 3.83. The maximum atomic E-state index is 12.5. The number of carbonyl (C=O) groups is 1. The predicted molar refractivity (Wildman–Crippen MR) is 70.5 cm³/mol. The monoisotopic (exact) mass is 279 g/mol. The molecule has 2 aromatic rings. The summed E-state index contributed by atoms with van der Waals surface area (Å²) in [5.74, 6) is -0.389. The number of nitrogens with two attached hydrogens (primary N) is 1. The molecule has 0 fully saturated rings. The van der Waals surface area contributed by atoms with Crippen molar-refractivity contribution in [1.29, 1.82) is 0 Å². The van der Waals surface area contributed by atoms with Crippen molar-refractivity contribution >= 4 is 11.5 Å². The van der Waals surface area contributed by atoms with Gasteiger partial charge in [0.25, 0.3) is 0 Å². The van der Waals surface area contributed by atoms with Gasteiger partial charge in [0.05, 0.1) is 5.56 Å². The Kier molecular flexibility index (Phi) is 3.53. The van der Waals surface area contributed by atoms with E-state index in [1.165, 1.54) is 0 Å². The van der Waals surface area contributed by atoms with E-state index in [0.717, 1.165) is 29.8 Å². The average Bonchev–Trinajstić information content (AvgIpc) is 2.40. The van der Waals surface area contributed by atoms with Crippen LogP contribution in [0, 0.1) is 6.92 Å². The smallest absolute Gasteiger partial charge is 0.398 e. The molecule has 0 bridgehead atoms. The Morgan fingerprint density at radius 1 is 1.05 bits per heavy atom. The lowest BCUT2D eigenvalue weighted by Crippen LogP contribution is -2.08. The summed E-state index contributed by atoms with van der Waals surface area (Å²) < 4.78 is 37.4. The number of benzene rings is 2. The number of aryl methyl sites for hydroxylation is 1. The number of halogens is 3. The van der Waals surface area contributed by atoms with Gasteiger partial charge in [-0.1, -0.05) is 24.3 Å². The Morgan fingerprint density at radius 2 is 1.65 bits per heavy atom. The van der Waals surface area contributed by atoms with Gasteiger partial charge in [0.2, 0.25) is 0 Å². The summed E-state index contributed by atoms with van der Waals surface area (Å²) in [5.41, 5.74) is 6.60. The topological polar surface area (TPSA) is 43.1 Å². The summed E-state index contributed by atoms with van der Waals surface area (Å²) in [6, 6.07) is 9.10. The van der Waals surface area contributed by atoms with Crippen LogP contribution in [0.25, 0.3) is 0 Å². The summed E-state index contributed by atoms with van der Waals surface area (Å²) in [7, 11) is 0. The van der Waals surface area contributed by atoms with Crippen molar-refractivity contribution in [3.63, 3.8) is 0 Å². The van der Waals surface area contributed by atoms with E-state index in [1.54, 1.807) is 25.1 Å². The van der Waals surface area contributed by atoms with Gasteiger partial charge in [0, 0.05) is 16.8 Å². The quantitative estimate of drug-likeness (QED) is 0.670. The van der Waals surface area contributed by atoms with Gasteiger partial charge >= 0.3 is 6.18 Å². The van der Waals surface area contributed by atoms with Crippen molar-refractivity contribution in [1.82, 2.24) is 0 Å². The highest BCUT2D eigenvalue weighted by Crippen LogP contribution is 2.29. The summed E-state index contributed by atoms with van der Waals surface area (Å²) in [5, 5.41) is 0. The van der Waals surface area contributed by atoms with Gasteiger partial charge < -0.3 is 5.73 Å². The second kappa shape index (κ2) is 5.00. The average molecular weight is 279 g/mol. The maximum absolute atomic E-state index is 12.5. The Hall–Kier alpha value is -2.30. The number of hydrogen-bond donors (Lipinski definition) is 1. The first-order valence-corrected chi connectivity index (χ1v) is 5.88. The number of rotatable bonds is 2. The minimum atomic E-state index is -4.41. The lowest BCUT2D eigenvalue weighted by atomic mass is 9.98. The number of hydrogen-bond acceptors (Lipinski definition) is 2. The highest BCUT2D eigenvalue weighted by atomic mass is 19.4. The number of para-hydroxylation sites is 1. The molecule has 0 unspecified atom stereocenters. The van der Waals surface area contributed by atoms with Crippen molar-refractivity contribution in [3.05, 3.63) is 64.7 Å². The molecular formula is C15H12F3NO. The fourth-order valence-corrected chi connectivity index (χ4v) is 1.84. The Balaban J connectivity index is 2.37. The van der Waals surface area contributed by atoms with Gasteiger partial charge in [-0.25, -0.2) is 0 Å². The van der Waals surface area contributed by atoms with Gasteiger partial charge in [0.15, 0.2) is 5.78 Å². The molecule has 0 atom stereocenters. The van der Waals surface area contributed by atoms with Crippen molar-refractivity contribution in [2.24, 2.45) is 0 Å². The number of nitrogen functional groups attached to an aromatic ring is 1. The highest BCUT2D eigenvalue weighted by molar-refractivity contribution is 6.12. The molecule has 2 rings (SSSR count). The van der Waals surface area contributed by atoms with Crippen LogP contribution < -0.4 is 5.73 Å². The molecule has 0 aliphatic heterocycles. The van der Waals surface area contributed by atoms with Crippen LogP contribution >= 0.6 is 0 Å². The lowest BCUT2D eigenvalue weighted by molar-refractivity contribution is -0.137. The molecule has 0 saturated heterocycles. The van der Waals surface area contributed by atoms with Crippen molar-refractivity contribution in [2.45, 2.75) is 13.1 Å². The third kappa shape index (κ3) is 2.66. The Bertz CT molecular complexity index is 645. The third-order valence-electron chi connectivity index (χ3n) is 3.04. The molecule has 0 aromatic heterocycles. The minimum Gasteiger partial charge on any atom is -0.398 e. The first-order chi connectivity index (χ1) is 9.30. The van der Waals surface area contributed by atoms with E-state index in [2.05, 4.69) is 0 Å². The lowest BCUT2D eigenvalue weighted by Gasteiger charge is -2.09. The molecule has 104 valence electrons. The van der Waals surface area contributed by atoms with E-state index >= 15 is 0 Å². The molecule has 5 heteroatoms. The molecule has 0 radical (unpaired) electrons. The van der Waals surface area contributed by atoms with Crippen LogP contribution in [0.4, 0.5) is 18.9 Å². The molecule has 0 spiro atoms. The molecule has 2 aromatic carbocycles. The molecule has 0 aliphatic carbocycles. The van der Waals surface area contributed by atoms with Crippen LogP contribution in [0.2, 0.25) is 0 Å². The van der Waals surface area contributed by atoms with Gasteiger partial charge in [-0.05, 0) is 30.7 Å². The van der Waals surface area contributed by atoms with Crippen molar-refractivity contribution in [2.75, 3.05) is 5.73 Å². The first kappa shape index (κ1) is 14.1. The largest absolute Gasteiger partial charge is 0.416 e. The molecule has 0 aliphatic rings. The van der Waals surface area contributed by atoms with E-state index < -0.39 is 11.7 Å². The third-order valence-corrected chi connectivity index (χ3v) is 3.04. The second-order valence-corrected chi connectivity index (χ2v) is 4.44. The normalized spacial score (nSPS) is 11.4. The fourth-order valence-electron chi connectivity index (χ4n) is 1.84. The summed E-state index contributed by atoms with van der Waals surface area (Å²) in [4.78, 5) is 12.2. The number of ketones is 1. The summed E-state index contributed by atoms with van der Waals surface area (Å²) >= 11 is 0. The fraction of sp³-hybridized carbons (Fsp3) is 0.133. The molecule has 0 saturated carbocycles. The van der Waals surface area contributed by atoms with Gasteiger partial charge in [-0.2, -0.15) is 13.2 Å². The zero-order valence-electron chi connectivity index (χ0n) is 10.7. The molecule has 2 nitrogen and oxygen atoms in total. The van der Waals surface area contributed by atoms with E-state index in [9.17, 15) is 18.0 Å². The van der Waals surface area contributed by atoms with Crippen LogP contribution in [0.3, 0.4) is 0 Å². The number of alkyl halides is 3. The number of anilines is 1. The number of carbonyl (C=O) groups excluding carboxylic acids is 1. The van der Waals surface area contributed by atoms with Crippen LogP contribution in [0.15, 0.2) is 42.5 Å². The molecular weight excluding hydrogens is 267 g/mol. The van der Waals surface area contributed by atoms with E-state index in [4.69, 9.17) is 5.73 Å². The Morgan fingerprint density at radius 3 is 2.20 bits per heavy atom. The zero-order valence-corrected chi connectivity index (χ0v) is 10.7. The molecule has 0 amide bonds. The van der Waals surface area contributed by atoms with Crippen molar-refractivity contribution in [3.8, 4) is 0 Å². The maximum Gasteiger partial charge on any atom is 0.416 e. The zero-order chi connectivity index (χ0) is 14.9. The van der Waals surface area contributed by atoms with E-state index in [-0.39, 0.29) is 11.3 Å². The van der Waals surface area contributed by atoms with Crippen LogP contribution in [-0.2, 0) is 6.18 Å². The SMILES string of the molecule is Cc1cccc(C(=O)c2ccc(C(F)(F)F)cc2)c1N. The van der Waals surface area contributed by atoms with Crippen LogP contribution in [0.5, 0.6) is 0 Å². The highest BCUT2D eigenvalue weighted by Gasteiger charge is 2.30. The van der Waals surface area contributed by atoms with Crippen molar-refractivity contribution < 1.29 is 18.0 Å². The minimum absolute atomic E-state index is 0.176. The standard InChI is InChI=1S/C15H12F3NO/c1-9-3-2-4-12(13(9)19)14(20)10-5-7-11(8-6-10)15(16,17)18/h2-8H,19H2,1H3. The Labute approximate surface area is 114 Å². The first-order valence-electron chi connectivity index (χ1n) is 5.88. The summed E-state index contributed by atoms with van der Waals surface area (Å²) in [6.07, 6.45) is -4.41. The second-order valence-electron chi connectivity index (χ2n) is 4.44. The van der Waals surface area contributed by atoms with Crippen LogP contribution in [-0.4, -0.2) is 5.78 Å². The van der Waals surface area contributed by atoms with E-state index in [1.807, 2.05) is 0 Å². The van der Waals surface area contributed by atoms with Gasteiger partial charge in [-0.3, -0.25) is 4.79 Å². The molecule has 0 heterocycles. The van der Waals surface area contributed by atoms with Gasteiger partial charge in [-0.15, -0.1) is 0 Å². The summed E-state index contributed by atoms with van der Waals surface area (Å²) in [6.45, 7) is 1.76. The van der Waals surface area contributed by atoms with Gasteiger partial charge in [0.1, 0.15) is 0 Å². The van der Waals surface area contributed by atoms with Crippen LogP contribution in [0.1, 0.15) is 27.0 Å².